The van der Waals surface area contributed by atoms with Gasteiger partial charge in [-0.25, -0.2) is 4.79 Å². The minimum Gasteiger partial charge on any atom is -0.410 e. The maximum atomic E-state index is 12.7. The second kappa shape index (κ2) is 12.0. The molecule has 7 heteroatoms. The van der Waals surface area contributed by atoms with Gasteiger partial charge in [0.05, 0.1) is 6.54 Å². The summed E-state index contributed by atoms with van der Waals surface area (Å²) in [7, 11) is 0. The standard InChI is InChI=1S/C27H30N4O3/c32-26(20-31-15-13-24(19-31)30-27(33)34-25-11-5-2-6-12-25)29-18-23(22-9-3-1-4-10-22)16-21-8-7-14-28-17-21/h1-12,14,17,23-24H,13,15-16,18-20H2,(H,29,32)(H,30,33). The molecule has 2 atom stereocenters. The molecule has 1 aliphatic heterocycles. The molecule has 7 nitrogen and oxygen atoms in total. The number of rotatable bonds is 9. The molecule has 2 aromatic carbocycles. The van der Waals surface area contributed by atoms with Crippen LogP contribution in [0.4, 0.5) is 4.79 Å². The Morgan fingerprint density at radius 2 is 1.79 bits per heavy atom. The molecule has 2 amide bonds. The number of para-hydroxylation sites is 1. The van der Waals surface area contributed by atoms with Gasteiger partial charge in [0.1, 0.15) is 5.75 Å². The highest BCUT2D eigenvalue weighted by Gasteiger charge is 2.26. The molecule has 2 unspecified atom stereocenters. The van der Waals surface area contributed by atoms with Crippen LogP contribution >= 0.6 is 0 Å². The Morgan fingerprint density at radius 3 is 2.53 bits per heavy atom. The van der Waals surface area contributed by atoms with E-state index in [-0.39, 0.29) is 17.9 Å². The monoisotopic (exact) mass is 458 g/mol. The highest BCUT2D eigenvalue weighted by Crippen LogP contribution is 2.20. The smallest absolute Gasteiger partial charge is 0.410 e. The number of hydrogen-bond donors (Lipinski definition) is 2. The molecule has 1 saturated heterocycles. The predicted octanol–water partition coefficient (Wildman–Crippen LogP) is 3.39. The molecule has 0 saturated carbocycles. The van der Waals surface area contributed by atoms with Crippen molar-refractivity contribution in [2.75, 3.05) is 26.2 Å². The van der Waals surface area contributed by atoms with Crippen molar-refractivity contribution in [2.24, 2.45) is 0 Å². The van der Waals surface area contributed by atoms with Crippen LogP contribution < -0.4 is 15.4 Å². The van der Waals surface area contributed by atoms with Gasteiger partial charge in [-0.2, -0.15) is 0 Å². The lowest BCUT2D eigenvalue weighted by Crippen LogP contribution is -2.41. The lowest BCUT2D eigenvalue weighted by Gasteiger charge is -2.20. The number of pyridine rings is 1. The second-order valence-electron chi connectivity index (χ2n) is 8.54. The maximum Gasteiger partial charge on any atom is 0.412 e. The third-order valence-corrected chi connectivity index (χ3v) is 5.94. The minimum absolute atomic E-state index is 0.0142. The molecule has 2 heterocycles. The summed E-state index contributed by atoms with van der Waals surface area (Å²) in [4.78, 5) is 31.1. The number of nitrogens with one attached hydrogen (secondary N) is 2. The lowest BCUT2D eigenvalue weighted by atomic mass is 9.92. The van der Waals surface area contributed by atoms with Gasteiger partial charge in [-0.1, -0.05) is 54.6 Å². The fraction of sp³-hybridized carbons (Fsp3) is 0.296. The molecule has 1 aliphatic rings. The molecule has 0 aliphatic carbocycles. The number of aromatic nitrogens is 1. The summed E-state index contributed by atoms with van der Waals surface area (Å²) in [6.45, 7) is 2.23. The first-order valence-electron chi connectivity index (χ1n) is 11.6. The van der Waals surface area contributed by atoms with Crippen LogP contribution in [0, 0.1) is 0 Å². The SMILES string of the molecule is O=C(CN1CCC(NC(=O)Oc2ccccc2)C1)NCC(Cc1cccnc1)c1ccccc1. The van der Waals surface area contributed by atoms with Crippen LogP contribution in [0.3, 0.4) is 0 Å². The van der Waals surface area contributed by atoms with E-state index in [1.165, 1.54) is 5.56 Å². The highest BCUT2D eigenvalue weighted by atomic mass is 16.6. The average molecular weight is 459 g/mol. The van der Waals surface area contributed by atoms with Crippen LogP contribution in [0.1, 0.15) is 23.5 Å². The van der Waals surface area contributed by atoms with E-state index in [4.69, 9.17) is 4.74 Å². The number of carbonyl (C=O) groups is 2. The van der Waals surface area contributed by atoms with E-state index in [0.29, 0.717) is 25.4 Å². The molecule has 0 spiro atoms. The maximum absolute atomic E-state index is 12.7. The number of amides is 2. The Kier molecular flexibility index (Phi) is 8.24. The predicted molar refractivity (Wildman–Crippen MR) is 131 cm³/mol. The quantitative estimate of drug-likeness (QED) is 0.514. The van der Waals surface area contributed by atoms with Crippen LogP contribution in [0.25, 0.3) is 0 Å². The molecule has 3 aromatic rings. The molecule has 1 fully saturated rings. The molecular weight excluding hydrogens is 428 g/mol. The first-order chi connectivity index (χ1) is 16.7. The zero-order valence-electron chi connectivity index (χ0n) is 19.1. The summed E-state index contributed by atoms with van der Waals surface area (Å²) in [6, 6.07) is 23.2. The number of hydrogen-bond acceptors (Lipinski definition) is 5. The Balaban J connectivity index is 1.23. The Morgan fingerprint density at radius 1 is 1.03 bits per heavy atom. The lowest BCUT2D eigenvalue weighted by molar-refractivity contribution is -0.122. The van der Waals surface area contributed by atoms with Crippen molar-refractivity contribution < 1.29 is 14.3 Å². The van der Waals surface area contributed by atoms with Crippen molar-refractivity contribution >= 4 is 12.0 Å². The van der Waals surface area contributed by atoms with Crippen molar-refractivity contribution in [1.82, 2.24) is 20.5 Å². The van der Waals surface area contributed by atoms with E-state index in [2.05, 4.69) is 38.7 Å². The normalized spacial score (nSPS) is 16.5. The molecule has 2 N–H and O–H groups in total. The van der Waals surface area contributed by atoms with E-state index in [9.17, 15) is 9.59 Å². The minimum atomic E-state index is -0.469. The molecule has 0 bridgehead atoms. The first-order valence-corrected chi connectivity index (χ1v) is 11.6. The summed E-state index contributed by atoms with van der Waals surface area (Å²) < 4.78 is 5.30. The highest BCUT2D eigenvalue weighted by molar-refractivity contribution is 5.78. The van der Waals surface area contributed by atoms with E-state index in [1.54, 1.807) is 18.3 Å². The third kappa shape index (κ3) is 7.15. The van der Waals surface area contributed by atoms with Crippen molar-refractivity contribution in [3.8, 4) is 5.75 Å². The molecular formula is C27H30N4O3. The van der Waals surface area contributed by atoms with Crippen LogP contribution in [0.5, 0.6) is 5.75 Å². The van der Waals surface area contributed by atoms with Gasteiger partial charge in [-0.05, 0) is 42.2 Å². The summed E-state index contributed by atoms with van der Waals surface area (Å²) in [5, 5.41) is 5.99. The fourth-order valence-corrected chi connectivity index (χ4v) is 4.22. The number of benzene rings is 2. The largest absolute Gasteiger partial charge is 0.412 e. The molecule has 176 valence electrons. The van der Waals surface area contributed by atoms with Crippen molar-refractivity contribution in [3.63, 3.8) is 0 Å². The van der Waals surface area contributed by atoms with Gasteiger partial charge in [0.25, 0.3) is 0 Å². The Labute approximate surface area is 200 Å². The third-order valence-electron chi connectivity index (χ3n) is 5.94. The number of carbonyl (C=O) groups excluding carboxylic acids is 2. The van der Waals surface area contributed by atoms with E-state index < -0.39 is 6.09 Å². The second-order valence-corrected chi connectivity index (χ2v) is 8.54. The Bertz CT molecular complexity index is 1050. The zero-order chi connectivity index (χ0) is 23.6. The number of ether oxygens (including phenoxy) is 1. The van der Waals surface area contributed by atoms with Gasteiger partial charge in [-0.15, -0.1) is 0 Å². The average Bonchev–Trinajstić information content (AvgIpc) is 3.29. The molecule has 4 rings (SSSR count). The van der Waals surface area contributed by atoms with Gasteiger partial charge in [0, 0.05) is 44.0 Å². The van der Waals surface area contributed by atoms with Crippen molar-refractivity contribution in [3.05, 3.63) is 96.3 Å². The molecule has 1 aromatic heterocycles. The van der Waals surface area contributed by atoms with Crippen LogP contribution in [-0.4, -0.2) is 54.1 Å². The van der Waals surface area contributed by atoms with E-state index in [0.717, 1.165) is 24.9 Å². The summed E-state index contributed by atoms with van der Waals surface area (Å²) in [6.07, 6.45) is 4.76. The molecule has 0 radical (unpaired) electrons. The van der Waals surface area contributed by atoms with Gasteiger partial charge < -0.3 is 15.4 Å². The number of likely N-dealkylation sites (tertiary alicyclic amines) is 1. The summed E-state index contributed by atoms with van der Waals surface area (Å²) in [5.74, 6) is 0.656. The van der Waals surface area contributed by atoms with Crippen LogP contribution in [-0.2, 0) is 11.2 Å². The first kappa shape index (κ1) is 23.4. The van der Waals surface area contributed by atoms with Gasteiger partial charge >= 0.3 is 6.09 Å². The fourth-order valence-electron chi connectivity index (χ4n) is 4.22. The Hall–Kier alpha value is -3.71. The summed E-state index contributed by atoms with van der Waals surface area (Å²) in [5.41, 5.74) is 2.33. The zero-order valence-corrected chi connectivity index (χ0v) is 19.1. The van der Waals surface area contributed by atoms with Gasteiger partial charge in [0.2, 0.25) is 5.91 Å². The van der Waals surface area contributed by atoms with Gasteiger partial charge in [-0.3, -0.25) is 14.7 Å². The van der Waals surface area contributed by atoms with Crippen LogP contribution in [0.15, 0.2) is 85.2 Å². The number of nitrogens with zero attached hydrogens (tertiary/aromatic N) is 2. The summed E-state index contributed by atoms with van der Waals surface area (Å²) >= 11 is 0. The van der Waals surface area contributed by atoms with E-state index in [1.807, 2.05) is 48.7 Å². The van der Waals surface area contributed by atoms with E-state index >= 15 is 0 Å². The van der Waals surface area contributed by atoms with Crippen molar-refractivity contribution in [2.45, 2.75) is 24.8 Å². The topological polar surface area (TPSA) is 83.6 Å². The van der Waals surface area contributed by atoms with Crippen molar-refractivity contribution in [1.29, 1.82) is 0 Å². The van der Waals surface area contributed by atoms with Gasteiger partial charge in [0.15, 0.2) is 0 Å². The molecule has 34 heavy (non-hydrogen) atoms. The van der Waals surface area contributed by atoms with Crippen LogP contribution in [0.2, 0.25) is 0 Å².